The smallest absolute Gasteiger partial charge is 0.250 e. The zero-order valence-electron chi connectivity index (χ0n) is 12.6. The van der Waals surface area contributed by atoms with Gasteiger partial charge < -0.3 is 9.32 Å². The molecule has 1 aliphatic heterocycles. The Hall–Kier alpha value is -1.14. The van der Waals surface area contributed by atoms with Crippen LogP contribution in [0.4, 0.5) is 0 Å². The number of halogens is 2. The summed E-state index contributed by atoms with van der Waals surface area (Å²) in [6, 6.07) is 5.76. The van der Waals surface area contributed by atoms with Crippen molar-refractivity contribution in [1.82, 2.24) is 20.0 Å². The lowest BCUT2D eigenvalue weighted by Gasteiger charge is -2.37. The predicted molar refractivity (Wildman–Crippen MR) is 87.1 cm³/mol. The second kappa shape index (κ2) is 6.54. The fourth-order valence-electron chi connectivity index (χ4n) is 2.71. The van der Waals surface area contributed by atoms with Crippen molar-refractivity contribution in [3.05, 3.63) is 34.1 Å². The normalized spacial score (nSPS) is 20.5. The van der Waals surface area contributed by atoms with E-state index in [9.17, 15) is 0 Å². The van der Waals surface area contributed by atoms with Crippen LogP contribution >= 0.6 is 23.2 Å². The van der Waals surface area contributed by atoms with E-state index in [2.05, 4.69) is 34.0 Å². The molecule has 22 heavy (non-hydrogen) atoms. The van der Waals surface area contributed by atoms with Crippen molar-refractivity contribution in [2.24, 2.45) is 0 Å². The van der Waals surface area contributed by atoms with Gasteiger partial charge in [0.15, 0.2) is 0 Å². The van der Waals surface area contributed by atoms with Gasteiger partial charge in [0, 0.05) is 25.7 Å². The minimum absolute atomic E-state index is 0.368. The highest BCUT2D eigenvalue weighted by atomic mass is 35.5. The van der Waals surface area contributed by atoms with Crippen molar-refractivity contribution in [3.63, 3.8) is 0 Å². The van der Waals surface area contributed by atoms with Gasteiger partial charge in [0.2, 0.25) is 5.89 Å². The summed E-state index contributed by atoms with van der Waals surface area (Å²) in [4.78, 5) is 4.66. The molecule has 5 nitrogen and oxygen atoms in total. The summed E-state index contributed by atoms with van der Waals surface area (Å²) in [6.45, 7) is 5.92. The minimum atomic E-state index is 0.368. The summed E-state index contributed by atoms with van der Waals surface area (Å²) >= 11 is 12.4. The standard InChI is InChI=1S/C15H18Cl2N4O/c1-10-8-20(2)6-7-21(10)9-13-18-19-15(22-13)14-11(16)4-3-5-12(14)17/h3-5,10H,6-9H2,1-2H3/t10-/m1/s1. The number of aromatic nitrogens is 2. The number of rotatable bonds is 3. The molecule has 0 unspecified atom stereocenters. The predicted octanol–water partition coefficient (Wildman–Crippen LogP) is 3.18. The average molecular weight is 341 g/mol. The molecule has 1 aromatic carbocycles. The number of likely N-dealkylation sites (N-methyl/N-ethyl adjacent to an activating group) is 1. The summed E-state index contributed by atoms with van der Waals surface area (Å²) in [5.41, 5.74) is 0.594. The van der Waals surface area contributed by atoms with E-state index in [0.717, 1.165) is 19.6 Å². The number of hydrogen-bond acceptors (Lipinski definition) is 5. The lowest BCUT2D eigenvalue weighted by Crippen LogP contribution is -2.49. The molecule has 0 radical (unpaired) electrons. The van der Waals surface area contributed by atoms with Gasteiger partial charge in [-0.15, -0.1) is 10.2 Å². The maximum Gasteiger partial charge on any atom is 0.250 e. The molecule has 1 aliphatic rings. The van der Waals surface area contributed by atoms with Gasteiger partial charge in [-0.1, -0.05) is 29.3 Å². The molecule has 1 fully saturated rings. The van der Waals surface area contributed by atoms with E-state index < -0.39 is 0 Å². The summed E-state index contributed by atoms with van der Waals surface area (Å²) in [5, 5.41) is 9.24. The van der Waals surface area contributed by atoms with E-state index in [4.69, 9.17) is 27.6 Å². The van der Waals surface area contributed by atoms with Gasteiger partial charge in [-0.25, -0.2) is 0 Å². The molecule has 1 saturated heterocycles. The van der Waals surface area contributed by atoms with Crippen molar-refractivity contribution in [3.8, 4) is 11.5 Å². The van der Waals surface area contributed by atoms with E-state index in [1.165, 1.54) is 0 Å². The second-order valence-electron chi connectivity index (χ2n) is 5.68. The first-order valence-electron chi connectivity index (χ1n) is 7.24. The largest absolute Gasteiger partial charge is 0.419 e. The monoisotopic (exact) mass is 340 g/mol. The average Bonchev–Trinajstić information content (AvgIpc) is 2.90. The SMILES string of the molecule is C[C@@H]1CN(C)CCN1Cc1nnc(-c2c(Cl)cccc2Cl)o1. The number of nitrogens with zero attached hydrogens (tertiary/aromatic N) is 4. The van der Waals surface area contributed by atoms with E-state index >= 15 is 0 Å². The zero-order valence-corrected chi connectivity index (χ0v) is 14.1. The molecule has 0 bridgehead atoms. The molecule has 2 heterocycles. The van der Waals surface area contributed by atoms with Gasteiger partial charge in [-0.2, -0.15) is 0 Å². The lowest BCUT2D eigenvalue weighted by molar-refractivity contribution is 0.0860. The Morgan fingerprint density at radius 2 is 1.95 bits per heavy atom. The molecule has 2 aromatic rings. The van der Waals surface area contributed by atoms with Crippen molar-refractivity contribution < 1.29 is 4.42 Å². The van der Waals surface area contributed by atoms with Gasteiger partial charge >= 0.3 is 0 Å². The number of hydrogen-bond donors (Lipinski definition) is 0. The van der Waals surface area contributed by atoms with Crippen LogP contribution in [0.15, 0.2) is 22.6 Å². The molecule has 3 rings (SSSR count). The first-order valence-corrected chi connectivity index (χ1v) is 7.99. The van der Waals surface area contributed by atoms with E-state index in [1.807, 2.05) is 0 Å². The molecule has 7 heteroatoms. The summed E-state index contributed by atoms with van der Waals surface area (Å²) < 4.78 is 5.76. The third-order valence-electron chi connectivity index (χ3n) is 3.95. The summed E-state index contributed by atoms with van der Waals surface area (Å²) in [5.74, 6) is 0.953. The third kappa shape index (κ3) is 3.27. The first-order chi connectivity index (χ1) is 10.5. The number of piperazine rings is 1. The van der Waals surface area contributed by atoms with Crippen molar-refractivity contribution in [1.29, 1.82) is 0 Å². The molecule has 118 valence electrons. The van der Waals surface area contributed by atoms with Gasteiger partial charge in [0.05, 0.1) is 22.2 Å². The molecule has 0 saturated carbocycles. The summed E-state index contributed by atoms with van der Waals surface area (Å²) in [7, 11) is 2.14. The first kappa shape index (κ1) is 15.7. The molecule has 0 spiro atoms. The fourth-order valence-corrected chi connectivity index (χ4v) is 3.27. The Morgan fingerprint density at radius 1 is 1.23 bits per heavy atom. The van der Waals surface area contributed by atoms with Crippen LogP contribution in [0.5, 0.6) is 0 Å². The van der Waals surface area contributed by atoms with E-state index in [-0.39, 0.29) is 0 Å². The Balaban J connectivity index is 1.77. The second-order valence-corrected chi connectivity index (χ2v) is 6.49. The third-order valence-corrected chi connectivity index (χ3v) is 4.58. The molecule has 1 aromatic heterocycles. The Morgan fingerprint density at radius 3 is 2.64 bits per heavy atom. The number of benzene rings is 1. The van der Waals surface area contributed by atoms with Crippen molar-refractivity contribution in [2.75, 3.05) is 26.7 Å². The quantitative estimate of drug-likeness (QED) is 0.858. The summed E-state index contributed by atoms with van der Waals surface area (Å²) in [6.07, 6.45) is 0. The van der Waals surface area contributed by atoms with Gasteiger partial charge in [0.1, 0.15) is 0 Å². The Labute approximate surface area is 139 Å². The maximum atomic E-state index is 6.18. The van der Waals surface area contributed by atoms with Crippen LogP contribution in [-0.4, -0.2) is 52.7 Å². The van der Waals surface area contributed by atoms with Crippen molar-refractivity contribution >= 4 is 23.2 Å². The van der Waals surface area contributed by atoms with E-state index in [0.29, 0.717) is 40.0 Å². The lowest BCUT2D eigenvalue weighted by atomic mass is 10.2. The maximum absolute atomic E-state index is 6.18. The highest BCUT2D eigenvalue weighted by Crippen LogP contribution is 2.33. The van der Waals surface area contributed by atoms with Gasteiger partial charge in [-0.3, -0.25) is 4.90 Å². The molecular formula is C15H18Cl2N4O. The van der Waals surface area contributed by atoms with E-state index in [1.54, 1.807) is 18.2 Å². The van der Waals surface area contributed by atoms with Crippen LogP contribution in [0.25, 0.3) is 11.5 Å². The van der Waals surface area contributed by atoms with Gasteiger partial charge in [0.25, 0.3) is 5.89 Å². The highest BCUT2D eigenvalue weighted by Gasteiger charge is 2.24. The van der Waals surface area contributed by atoms with Crippen LogP contribution < -0.4 is 0 Å². The Bertz CT molecular complexity index is 640. The highest BCUT2D eigenvalue weighted by molar-refractivity contribution is 6.38. The fraction of sp³-hybridized carbons (Fsp3) is 0.467. The van der Waals surface area contributed by atoms with Crippen LogP contribution in [0.3, 0.4) is 0 Å². The molecule has 0 aliphatic carbocycles. The Kier molecular flexibility index (Phi) is 4.68. The van der Waals surface area contributed by atoms with Gasteiger partial charge in [-0.05, 0) is 26.1 Å². The topological polar surface area (TPSA) is 45.4 Å². The van der Waals surface area contributed by atoms with Crippen molar-refractivity contribution in [2.45, 2.75) is 19.5 Å². The zero-order chi connectivity index (χ0) is 15.7. The van der Waals surface area contributed by atoms with Crippen LogP contribution in [0.1, 0.15) is 12.8 Å². The van der Waals surface area contributed by atoms with Crippen LogP contribution in [0, 0.1) is 0 Å². The molecule has 0 N–H and O–H groups in total. The molecular weight excluding hydrogens is 323 g/mol. The van der Waals surface area contributed by atoms with Crippen LogP contribution in [0.2, 0.25) is 10.0 Å². The molecule has 0 amide bonds. The minimum Gasteiger partial charge on any atom is -0.419 e. The van der Waals surface area contributed by atoms with Crippen LogP contribution in [-0.2, 0) is 6.54 Å². The molecule has 1 atom stereocenters.